The number of carbonyl (C=O) groups is 1. The van der Waals surface area contributed by atoms with Gasteiger partial charge in [0.05, 0.1) is 30.1 Å². The minimum absolute atomic E-state index is 0.0518. The normalized spacial score (nSPS) is 12.4. The van der Waals surface area contributed by atoms with Crippen molar-refractivity contribution in [3.8, 4) is 0 Å². The number of nitrogens with zero attached hydrogens (tertiary/aromatic N) is 2. The van der Waals surface area contributed by atoms with E-state index in [1.807, 2.05) is 59.2 Å². The van der Waals surface area contributed by atoms with Crippen LogP contribution in [0.25, 0.3) is 11.0 Å². The highest BCUT2D eigenvalue weighted by molar-refractivity contribution is 5.80. The Morgan fingerprint density at radius 1 is 1.14 bits per heavy atom. The lowest BCUT2D eigenvalue weighted by atomic mass is 10.1. The molecule has 3 rings (SSSR count). The topological polar surface area (TPSA) is 81.1 Å². The highest BCUT2D eigenvalue weighted by Crippen LogP contribution is 2.21. The van der Waals surface area contributed by atoms with Crippen LogP contribution in [0.5, 0.6) is 0 Å². The lowest BCUT2D eigenvalue weighted by Gasteiger charge is -2.14. The Kier molecular flexibility index (Phi) is 3.89. The molecule has 0 bridgehead atoms. The maximum atomic E-state index is 11.3. The number of aliphatic hydroxyl groups excluding tert-OH is 1. The molecule has 5 nitrogen and oxygen atoms in total. The summed E-state index contributed by atoms with van der Waals surface area (Å²) in [5.74, 6) is 0.134. The predicted molar refractivity (Wildman–Crippen MR) is 84.0 cm³/mol. The van der Waals surface area contributed by atoms with Gasteiger partial charge in [-0.2, -0.15) is 0 Å². The molecule has 0 saturated heterocycles. The van der Waals surface area contributed by atoms with E-state index < -0.39 is 12.0 Å². The Hall–Kier alpha value is -2.66. The van der Waals surface area contributed by atoms with Crippen molar-refractivity contribution in [2.45, 2.75) is 19.1 Å². The first kappa shape index (κ1) is 14.3. The van der Waals surface area contributed by atoms with Crippen molar-refractivity contribution >= 4 is 16.9 Å². The molecule has 0 aliphatic carbocycles. The number of hydrogen-bond donors (Lipinski definition) is 2. The molecule has 1 aromatic heterocycles. The zero-order valence-corrected chi connectivity index (χ0v) is 12.0. The summed E-state index contributed by atoms with van der Waals surface area (Å²) in [6.07, 6.45) is -0.624. The summed E-state index contributed by atoms with van der Waals surface area (Å²) in [7, 11) is 0. The van der Waals surface area contributed by atoms with E-state index in [9.17, 15) is 9.90 Å². The number of carbonyl (C=O) groups excluding carboxylic acids is 1. The second-order valence-electron chi connectivity index (χ2n) is 5.20. The zero-order valence-electron chi connectivity index (χ0n) is 12.0. The third kappa shape index (κ3) is 2.84. The van der Waals surface area contributed by atoms with Gasteiger partial charge in [0.25, 0.3) is 0 Å². The number of hydrogen-bond acceptors (Lipinski definition) is 3. The SMILES string of the molecule is NC(=O)Cc1nc2ccccc2n1C[C@H](O)c1ccccc1. The number of nitrogens with two attached hydrogens (primary N) is 1. The molecule has 0 aliphatic rings. The minimum Gasteiger partial charge on any atom is -0.387 e. The summed E-state index contributed by atoms with van der Waals surface area (Å²) < 4.78 is 1.86. The first-order chi connectivity index (χ1) is 10.6. The number of rotatable bonds is 5. The van der Waals surface area contributed by atoms with Gasteiger partial charge in [-0.3, -0.25) is 4.79 Å². The van der Waals surface area contributed by atoms with Gasteiger partial charge in [0.15, 0.2) is 0 Å². The van der Waals surface area contributed by atoms with E-state index in [1.165, 1.54) is 0 Å². The zero-order chi connectivity index (χ0) is 15.5. The summed E-state index contributed by atoms with van der Waals surface area (Å²) in [6, 6.07) is 17.0. The maximum Gasteiger partial charge on any atom is 0.225 e. The molecule has 0 radical (unpaired) electrons. The number of benzene rings is 2. The summed E-state index contributed by atoms with van der Waals surface area (Å²) in [5, 5.41) is 10.4. The quantitative estimate of drug-likeness (QED) is 0.753. The van der Waals surface area contributed by atoms with Crippen molar-refractivity contribution in [1.82, 2.24) is 9.55 Å². The van der Waals surface area contributed by atoms with Crippen LogP contribution < -0.4 is 5.73 Å². The highest BCUT2D eigenvalue weighted by Gasteiger charge is 2.16. The molecule has 3 N–H and O–H groups in total. The van der Waals surface area contributed by atoms with Gasteiger partial charge < -0.3 is 15.4 Å². The number of amides is 1. The Bertz CT molecular complexity index is 796. The number of aliphatic hydroxyl groups is 1. The van der Waals surface area contributed by atoms with Crippen molar-refractivity contribution < 1.29 is 9.90 Å². The van der Waals surface area contributed by atoms with Crippen LogP contribution in [0.3, 0.4) is 0 Å². The van der Waals surface area contributed by atoms with Gasteiger partial charge in [0, 0.05) is 0 Å². The number of aromatic nitrogens is 2. The summed E-state index contributed by atoms with van der Waals surface area (Å²) in [5.41, 5.74) is 7.80. The van der Waals surface area contributed by atoms with Crippen molar-refractivity contribution in [1.29, 1.82) is 0 Å². The van der Waals surface area contributed by atoms with E-state index in [4.69, 9.17) is 5.73 Å². The van der Waals surface area contributed by atoms with Gasteiger partial charge in [-0.1, -0.05) is 42.5 Å². The number of para-hydroxylation sites is 2. The van der Waals surface area contributed by atoms with Crippen molar-refractivity contribution in [3.05, 3.63) is 66.0 Å². The van der Waals surface area contributed by atoms with Crippen molar-refractivity contribution in [2.24, 2.45) is 5.73 Å². The largest absolute Gasteiger partial charge is 0.387 e. The standard InChI is InChI=1S/C17H17N3O2/c18-16(22)10-17-19-13-8-4-5-9-14(13)20(17)11-15(21)12-6-2-1-3-7-12/h1-9,15,21H,10-11H2,(H2,18,22)/t15-/m0/s1. The van der Waals surface area contributed by atoms with Gasteiger partial charge in [0.2, 0.25) is 5.91 Å². The van der Waals surface area contributed by atoms with Gasteiger partial charge in [-0.25, -0.2) is 4.98 Å². The molecule has 0 spiro atoms. The van der Waals surface area contributed by atoms with Crippen LogP contribution in [0, 0.1) is 0 Å². The number of imidazole rings is 1. The van der Waals surface area contributed by atoms with Crippen molar-refractivity contribution in [2.75, 3.05) is 0 Å². The van der Waals surface area contributed by atoms with Crippen LogP contribution in [0.1, 0.15) is 17.5 Å². The van der Waals surface area contributed by atoms with Crippen LogP contribution in [0.2, 0.25) is 0 Å². The second kappa shape index (κ2) is 5.99. The third-order valence-electron chi connectivity index (χ3n) is 3.61. The summed E-state index contributed by atoms with van der Waals surface area (Å²) in [4.78, 5) is 15.7. The molecule has 0 aliphatic heterocycles. The van der Waals surface area contributed by atoms with E-state index in [0.29, 0.717) is 12.4 Å². The Labute approximate surface area is 128 Å². The Morgan fingerprint density at radius 2 is 1.82 bits per heavy atom. The smallest absolute Gasteiger partial charge is 0.225 e. The predicted octanol–water partition coefficient (Wildman–Crippen LogP) is 1.80. The second-order valence-corrected chi connectivity index (χ2v) is 5.20. The molecule has 1 heterocycles. The van der Waals surface area contributed by atoms with E-state index in [0.717, 1.165) is 16.6 Å². The first-order valence-electron chi connectivity index (χ1n) is 7.10. The average molecular weight is 295 g/mol. The van der Waals surface area contributed by atoms with E-state index >= 15 is 0 Å². The van der Waals surface area contributed by atoms with E-state index in [2.05, 4.69) is 4.98 Å². The fourth-order valence-electron chi connectivity index (χ4n) is 2.57. The lowest BCUT2D eigenvalue weighted by molar-refractivity contribution is -0.117. The minimum atomic E-state index is -0.676. The first-order valence-corrected chi connectivity index (χ1v) is 7.10. The van der Waals surface area contributed by atoms with Crippen molar-refractivity contribution in [3.63, 3.8) is 0 Å². The molecule has 1 amide bonds. The van der Waals surface area contributed by atoms with E-state index in [-0.39, 0.29) is 6.42 Å². The van der Waals surface area contributed by atoms with Gasteiger partial charge in [-0.15, -0.1) is 0 Å². The Morgan fingerprint density at radius 3 is 2.55 bits per heavy atom. The van der Waals surface area contributed by atoms with Gasteiger partial charge in [-0.05, 0) is 17.7 Å². The molecule has 0 saturated carbocycles. The molecule has 112 valence electrons. The number of primary amides is 1. The molecular formula is C17H17N3O2. The average Bonchev–Trinajstić information content (AvgIpc) is 2.85. The van der Waals surface area contributed by atoms with Gasteiger partial charge in [0.1, 0.15) is 5.82 Å². The monoisotopic (exact) mass is 295 g/mol. The molecular weight excluding hydrogens is 278 g/mol. The molecule has 5 heteroatoms. The van der Waals surface area contributed by atoms with Crippen LogP contribution in [-0.2, 0) is 17.8 Å². The summed E-state index contributed by atoms with van der Waals surface area (Å²) in [6.45, 7) is 0.327. The molecule has 1 atom stereocenters. The van der Waals surface area contributed by atoms with Crippen LogP contribution >= 0.6 is 0 Å². The lowest BCUT2D eigenvalue weighted by Crippen LogP contribution is -2.19. The van der Waals surface area contributed by atoms with Crippen LogP contribution in [0.4, 0.5) is 0 Å². The molecule has 0 unspecified atom stereocenters. The molecule has 0 fully saturated rings. The fourth-order valence-corrected chi connectivity index (χ4v) is 2.57. The molecule has 3 aromatic rings. The summed E-state index contributed by atoms with van der Waals surface area (Å²) >= 11 is 0. The Balaban J connectivity index is 1.99. The molecule has 22 heavy (non-hydrogen) atoms. The number of fused-ring (bicyclic) bond motifs is 1. The fraction of sp³-hybridized carbons (Fsp3) is 0.176. The third-order valence-corrected chi connectivity index (χ3v) is 3.61. The van der Waals surface area contributed by atoms with Gasteiger partial charge >= 0.3 is 0 Å². The van der Waals surface area contributed by atoms with Crippen LogP contribution in [-0.4, -0.2) is 20.6 Å². The maximum absolute atomic E-state index is 11.3. The van der Waals surface area contributed by atoms with Crippen LogP contribution in [0.15, 0.2) is 54.6 Å². The van der Waals surface area contributed by atoms with E-state index in [1.54, 1.807) is 0 Å². The molecule has 2 aromatic carbocycles. The highest BCUT2D eigenvalue weighted by atomic mass is 16.3.